The molecule has 2 aromatic rings. The van der Waals surface area contributed by atoms with Crippen molar-refractivity contribution in [3.05, 3.63) is 58.8 Å². The molecule has 6 nitrogen and oxygen atoms in total. The molecule has 8 heteroatoms. The molecule has 0 aliphatic carbocycles. The van der Waals surface area contributed by atoms with Gasteiger partial charge in [-0.05, 0) is 43.2 Å². The lowest BCUT2D eigenvalue weighted by molar-refractivity contribution is -0.138. The van der Waals surface area contributed by atoms with Crippen molar-refractivity contribution in [1.82, 2.24) is 4.90 Å². The number of piperidine rings is 1. The highest BCUT2D eigenvalue weighted by molar-refractivity contribution is 9.10. The van der Waals surface area contributed by atoms with E-state index in [-0.39, 0.29) is 41.7 Å². The van der Waals surface area contributed by atoms with Crippen molar-refractivity contribution in [2.45, 2.75) is 19.3 Å². The van der Waals surface area contributed by atoms with Crippen LogP contribution in [0.4, 0.5) is 15.8 Å². The van der Waals surface area contributed by atoms with Gasteiger partial charge in [0.05, 0.1) is 11.6 Å². The van der Waals surface area contributed by atoms with E-state index in [0.29, 0.717) is 36.9 Å². The Labute approximate surface area is 188 Å². The van der Waals surface area contributed by atoms with Crippen LogP contribution in [-0.4, -0.2) is 42.3 Å². The molecule has 162 valence electrons. The Morgan fingerprint density at radius 2 is 1.74 bits per heavy atom. The van der Waals surface area contributed by atoms with E-state index in [2.05, 4.69) is 21.2 Å². The molecular formula is C23H23BrFN3O3. The van der Waals surface area contributed by atoms with E-state index in [1.807, 2.05) is 30.3 Å². The summed E-state index contributed by atoms with van der Waals surface area (Å²) in [6.45, 7) is 1.29. The van der Waals surface area contributed by atoms with E-state index in [1.54, 1.807) is 15.9 Å². The predicted molar refractivity (Wildman–Crippen MR) is 119 cm³/mol. The molecule has 3 amide bonds. The standard InChI is InChI=1S/C23H23BrFN3O3/c24-17-6-7-20(19(25)13-17)26-22(30)15-8-10-27(11-9-15)23(31)16-12-21(29)28(14-16)18-4-2-1-3-5-18/h1-7,13,15-16H,8-12,14H2,(H,26,30). The number of para-hydroxylation sites is 1. The Hall–Kier alpha value is -2.74. The minimum Gasteiger partial charge on any atom is -0.342 e. The second-order valence-electron chi connectivity index (χ2n) is 7.95. The molecule has 0 aromatic heterocycles. The summed E-state index contributed by atoms with van der Waals surface area (Å²) in [7, 11) is 0. The molecule has 2 saturated heterocycles. The van der Waals surface area contributed by atoms with Gasteiger partial charge in [-0.15, -0.1) is 0 Å². The SMILES string of the molecule is O=C(Nc1ccc(Br)cc1F)C1CCN(C(=O)C2CC(=O)N(c3ccccc3)C2)CC1. The van der Waals surface area contributed by atoms with Crippen molar-refractivity contribution in [2.24, 2.45) is 11.8 Å². The summed E-state index contributed by atoms with van der Waals surface area (Å²) in [5, 5.41) is 2.65. The number of benzene rings is 2. The third-order valence-electron chi connectivity index (χ3n) is 5.91. The molecule has 0 saturated carbocycles. The lowest BCUT2D eigenvalue weighted by Gasteiger charge is -2.33. The topological polar surface area (TPSA) is 69.7 Å². The van der Waals surface area contributed by atoms with Crippen LogP contribution in [0.3, 0.4) is 0 Å². The molecule has 0 bridgehead atoms. The van der Waals surface area contributed by atoms with Gasteiger partial charge in [-0.2, -0.15) is 0 Å². The van der Waals surface area contributed by atoms with E-state index < -0.39 is 5.82 Å². The third-order valence-corrected chi connectivity index (χ3v) is 6.40. The van der Waals surface area contributed by atoms with Gasteiger partial charge in [-0.25, -0.2) is 4.39 Å². The van der Waals surface area contributed by atoms with Gasteiger partial charge in [-0.3, -0.25) is 14.4 Å². The molecule has 0 radical (unpaired) electrons. The molecule has 1 N–H and O–H groups in total. The first-order valence-corrected chi connectivity index (χ1v) is 11.1. The Balaban J connectivity index is 1.31. The fraction of sp³-hybridized carbons (Fsp3) is 0.348. The Kier molecular flexibility index (Phi) is 6.36. The highest BCUT2D eigenvalue weighted by Crippen LogP contribution is 2.28. The third kappa shape index (κ3) is 4.79. The number of amides is 3. The molecule has 2 aromatic carbocycles. The Bertz CT molecular complexity index is 993. The lowest BCUT2D eigenvalue weighted by atomic mass is 9.94. The lowest BCUT2D eigenvalue weighted by Crippen LogP contribution is -2.44. The number of hydrogen-bond donors (Lipinski definition) is 1. The van der Waals surface area contributed by atoms with Crippen LogP contribution in [0.25, 0.3) is 0 Å². The molecule has 0 spiro atoms. The van der Waals surface area contributed by atoms with Gasteiger partial charge in [-0.1, -0.05) is 34.1 Å². The maximum absolute atomic E-state index is 14.0. The maximum Gasteiger partial charge on any atom is 0.228 e. The molecule has 2 aliphatic heterocycles. The van der Waals surface area contributed by atoms with Crippen molar-refractivity contribution >= 4 is 45.0 Å². The maximum atomic E-state index is 14.0. The van der Waals surface area contributed by atoms with Crippen LogP contribution < -0.4 is 10.2 Å². The summed E-state index contributed by atoms with van der Waals surface area (Å²) in [5.74, 6) is -1.46. The first-order valence-electron chi connectivity index (χ1n) is 10.3. The summed E-state index contributed by atoms with van der Waals surface area (Å²) in [4.78, 5) is 41.3. The molecule has 2 fully saturated rings. The van der Waals surface area contributed by atoms with E-state index >= 15 is 0 Å². The van der Waals surface area contributed by atoms with Crippen LogP contribution in [-0.2, 0) is 14.4 Å². The first kappa shape index (κ1) is 21.5. The second-order valence-corrected chi connectivity index (χ2v) is 8.87. The first-order chi connectivity index (χ1) is 14.9. The Morgan fingerprint density at radius 3 is 2.42 bits per heavy atom. The number of carbonyl (C=O) groups excluding carboxylic acids is 3. The molecule has 31 heavy (non-hydrogen) atoms. The number of carbonyl (C=O) groups is 3. The number of nitrogens with one attached hydrogen (secondary N) is 1. The molecule has 4 rings (SSSR count). The van der Waals surface area contributed by atoms with Crippen LogP contribution >= 0.6 is 15.9 Å². The van der Waals surface area contributed by atoms with Crippen molar-refractivity contribution in [1.29, 1.82) is 0 Å². The quantitative estimate of drug-likeness (QED) is 0.712. The van der Waals surface area contributed by atoms with Gasteiger partial charge >= 0.3 is 0 Å². The largest absolute Gasteiger partial charge is 0.342 e. The van der Waals surface area contributed by atoms with E-state index in [1.165, 1.54) is 12.1 Å². The smallest absolute Gasteiger partial charge is 0.228 e. The van der Waals surface area contributed by atoms with Crippen LogP contribution in [0.15, 0.2) is 53.0 Å². The number of likely N-dealkylation sites (tertiary alicyclic amines) is 1. The van der Waals surface area contributed by atoms with Crippen LogP contribution in [0.2, 0.25) is 0 Å². The fourth-order valence-corrected chi connectivity index (χ4v) is 4.51. The zero-order chi connectivity index (χ0) is 22.0. The summed E-state index contributed by atoms with van der Waals surface area (Å²) >= 11 is 3.19. The average Bonchev–Trinajstić information content (AvgIpc) is 3.17. The van der Waals surface area contributed by atoms with Crippen LogP contribution in [0.5, 0.6) is 0 Å². The van der Waals surface area contributed by atoms with Crippen molar-refractivity contribution < 1.29 is 18.8 Å². The van der Waals surface area contributed by atoms with Gasteiger partial charge in [0.2, 0.25) is 17.7 Å². The second kappa shape index (κ2) is 9.18. The highest BCUT2D eigenvalue weighted by Gasteiger charge is 2.38. The van der Waals surface area contributed by atoms with Gasteiger partial charge < -0.3 is 15.1 Å². The van der Waals surface area contributed by atoms with Gasteiger partial charge in [0, 0.05) is 42.1 Å². The number of rotatable bonds is 4. The molecule has 1 atom stereocenters. The Morgan fingerprint density at radius 1 is 1.03 bits per heavy atom. The van der Waals surface area contributed by atoms with E-state index in [0.717, 1.165) is 5.69 Å². The molecule has 2 aliphatic rings. The summed E-state index contributed by atoms with van der Waals surface area (Å²) in [6, 6.07) is 13.8. The van der Waals surface area contributed by atoms with Crippen molar-refractivity contribution in [3.63, 3.8) is 0 Å². The summed E-state index contributed by atoms with van der Waals surface area (Å²) in [5.41, 5.74) is 0.954. The predicted octanol–water partition coefficient (Wildman–Crippen LogP) is 3.82. The average molecular weight is 488 g/mol. The number of anilines is 2. The minimum absolute atomic E-state index is 0.0374. The fourth-order valence-electron chi connectivity index (χ4n) is 4.18. The molecule has 2 heterocycles. The summed E-state index contributed by atoms with van der Waals surface area (Å²) in [6.07, 6.45) is 1.23. The number of halogens is 2. The number of hydrogen-bond acceptors (Lipinski definition) is 3. The monoisotopic (exact) mass is 487 g/mol. The molecule has 1 unspecified atom stereocenters. The van der Waals surface area contributed by atoms with Crippen LogP contribution in [0.1, 0.15) is 19.3 Å². The zero-order valence-electron chi connectivity index (χ0n) is 16.9. The molecular weight excluding hydrogens is 465 g/mol. The zero-order valence-corrected chi connectivity index (χ0v) is 18.5. The highest BCUT2D eigenvalue weighted by atomic mass is 79.9. The normalized spacial score (nSPS) is 19.5. The minimum atomic E-state index is -0.496. The van der Waals surface area contributed by atoms with Gasteiger partial charge in [0.25, 0.3) is 0 Å². The van der Waals surface area contributed by atoms with E-state index in [9.17, 15) is 18.8 Å². The van der Waals surface area contributed by atoms with Crippen molar-refractivity contribution in [2.75, 3.05) is 29.9 Å². The number of nitrogens with zero attached hydrogens (tertiary/aromatic N) is 2. The van der Waals surface area contributed by atoms with Gasteiger partial charge in [0.1, 0.15) is 5.82 Å². The van der Waals surface area contributed by atoms with Gasteiger partial charge in [0.15, 0.2) is 0 Å². The van der Waals surface area contributed by atoms with Crippen molar-refractivity contribution in [3.8, 4) is 0 Å². The summed E-state index contributed by atoms with van der Waals surface area (Å²) < 4.78 is 14.6. The van der Waals surface area contributed by atoms with Crippen LogP contribution in [0, 0.1) is 17.7 Å². The van der Waals surface area contributed by atoms with E-state index in [4.69, 9.17) is 0 Å².